The number of thioether (sulfide) groups is 1. The standard InChI is InChI=1S/C17H22N4OS/c1-12(14-9-19-21(2)11-14)20-17(22)18-10-16-15-6-4-3-5-13(15)7-8-23-16/h3-6,9,11-12,16H,7-8,10H2,1-2H3,(H2,18,20,22)/t12-,16-/m1/s1. The molecule has 0 bridgehead atoms. The molecule has 2 N–H and O–H groups in total. The molecule has 122 valence electrons. The molecule has 1 aromatic heterocycles. The van der Waals surface area contributed by atoms with Gasteiger partial charge < -0.3 is 10.6 Å². The van der Waals surface area contributed by atoms with Crippen LogP contribution in [-0.4, -0.2) is 28.1 Å². The smallest absolute Gasteiger partial charge is 0.315 e. The lowest BCUT2D eigenvalue weighted by Crippen LogP contribution is -2.39. The van der Waals surface area contributed by atoms with Gasteiger partial charge in [-0.1, -0.05) is 24.3 Å². The summed E-state index contributed by atoms with van der Waals surface area (Å²) >= 11 is 1.91. The summed E-state index contributed by atoms with van der Waals surface area (Å²) < 4.78 is 1.74. The minimum atomic E-state index is -0.134. The maximum Gasteiger partial charge on any atom is 0.315 e. The van der Waals surface area contributed by atoms with E-state index in [9.17, 15) is 4.79 Å². The van der Waals surface area contributed by atoms with Crippen molar-refractivity contribution in [2.24, 2.45) is 7.05 Å². The highest BCUT2D eigenvalue weighted by Crippen LogP contribution is 2.35. The molecule has 0 saturated carbocycles. The Morgan fingerprint density at radius 1 is 1.48 bits per heavy atom. The largest absolute Gasteiger partial charge is 0.337 e. The molecule has 23 heavy (non-hydrogen) atoms. The van der Waals surface area contributed by atoms with Crippen LogP contribution in [0.2, 0.25) is 0 Å². The number of benzene rings is 1. The van der Waals surface area contributed by atoms with Gasteiger partial charge in [-0.2, -0.15) is 16.9 Å². The van der Waals surface area contributed by atoms with Gasteiger partial charge in [0.05, 0.1) is 12.2 Å². The van der Waals surface area contributed by atoms with Crippen LogP contribution in [0.25, 0.3) is 0 Å². The minimum absolute atomic E-state index is 0.0602. The van der Waals surface area contributed by atoms with Gasteiger partial charge in [0.2, 0.25) is 0 Å². The van der Waals surface area contributed by atoms with Crippen molar-refractivity contribution in [3.8, 4) is 0 Å². The zero-order chi connectivity index (χ0) is 16.2. The Morgan fingerprint density at radius 3 is 3.09 bits per heavy atom. The van der Waals surface area contributed by atoms with E-state index >= 15 is 0 Å². The molecule has 0 aliphatic carbocycles. The van der Waals surface area contributed by atoms with Crippen molar-refractivity contribution < 1.29 is 4.79 Å². The summed E-state index contributed by atoms with van der Waals surface area (Å²) in [6.07, 6.45) is 4.80. The van der Waals surface area contributed by atoms with Crippen LogP contribution < -0.4 is 10.6 Å². The van der Waals surface area contributed by atoms with Crippen LogP contribution in [0.3, 0.4) is 0 Å². The van der Waals surface area contributed by atoms with Gasteiger partial charge in [0.15, 0.2) is 0 Å². The summed E-state index contributed by atoms with van der Waals surface area (Å²) in [5.74, 6) is 1.11. The number of nitrogens with one attached hydrogen (secondary N) is 2. The van der Waals surface area contributed by atoms with Gasteiger partial charge in [-0.05, 0) is 30.2 Å². The fraction of sp³-hybridized carbons (Fsp3) is 0.412. The molecule has 0 saturated heterocycles. The first kappa shape index (κ1) is 15.9. The van der Waals surface area contributed by atoms with Gasteiger partial charge in [0.25, 0.3) is 0 Å². The van der Waals surface area contributed by atoms with Crippen LogP contribution in [0.4, 0.5) is 4.79 Å². The third-order valence-corrected chi connectivity index (χ3v) is 5.38. The van der Waals surface area contributed by atoms with Gasteiger partial charge in [0.1, 0.15) is 0 Å². The SMILES string of the molecule is C[C@@H](NC(=O)NC[C@H]1SCCc2ccccc21)c1cnn(C)c1. The number of urea groups is 1. The lowest BCUT2D eigenvalue weighted by Gasteiger charge is -2.25. The van der Waals surface area contributed by atoms with Crippen molar-refractivity contribution in [1.29, 1.82) is 0 Å². The predicted molar refractivity (Wildman–Crippen MR) is 93.5 cm³/mol. The quantitative estimate of drug-likeness (QED) is 0.906. The molecule has 5 nitrogen and oxygen atoms in total. The Labute approximate surface area is 140 Å². The summed E-state index contributed by atoms with van der Waals surface area (Å²) in [6.45, 7) is 2.61. The molecule has 1 aromatic carbocycles. The number of rotatable bonds is 4. The number of hydrogen-bond donors (Lipinski definition) is 2. The van der Waals surface area contributed by atoms with Gasteiger partial charge in [-0.15, -0.1) is 0 Å². The number of aryl methyl sites for hydroxylation is 2. The van der Waals surface area contributed by atoms with Gasteiger partial charge in [-0.3, -0.25) is 4.68 Å². The molecule has 2 amide bonds. The molecule has 2 atom stereocenters. The van der Waals surface area contributed by atoms with Crippen LogP contribution in [0.5, 0.6) is 0 Å². The first-order valence-electron chi connectivity index (χ1n) is 7.86. The third-order valence-electron chi connectivity index (χ3n) is 4.11. The maximum absolute atomic E-state index is 12.1. The monoisotopic (exact) mass is 330 g/mol. The molecule has 0 unspecified atom stereocenters. The van der Waals surface area contributed by atoms with Crippen LogP contribution in [0, 0.1) is 0 Å². The second-order valence-electron chi connectivity index (χ2n) is 5.83. The first-order valence-corrected chi connectivity index (χ1v) is 8.90. The number of carbonyl (C=O) groups is 1. The van der Waals surface area contributed by atoms with E-state index < -0.39 is 0 Å². The fourth-order valence-electron chi connectivity index (χ4n) is 2.83. The molecular weight excluding hydrogens is 308 g/mol. The average molecular weight is 330 g/mol. The van der Waals surface area contributed by atoms with Gasteiger partial charge in [-0.25, -0.2) is 4.79 Å². The predicted octanol–water partition coefficient (Wildman–Crippen LogP) is 2.81. The topological polar surface area (TPSA) is 59.0 Å². The van der Waals surface area contributed by atoms with Crippen molar-refractivity contribution >= 4 is 17.8 Å². The summed E-state index contributed by atoms with van der Waals surface area (Å²) in [5, 5.41) is 10.4. The van der Waals surface area contributed by atoms with Gasteiger partial charge in [0, 0.05) is 30.6 Å². The number of amides is 2. The molecular formula is C17H22N4OS. The Bertz CT molecular complexity index is 685. The molecule has 0 radical (unpaired) electrons. The van der Waals surface area contributed by atoms with Crippen LogP contribution in [-0.2, 0) is 13.5 Å². The third kappa shape index (κ3) is 3.88. The molecule has 6 heteroatoms. The second-order valence-corrected chi connectivity index (χ2v) is 7.14. The van der Waals surface area contributed by atoms with Gasteiger partial charge >= 0.3 is 6.03 Å². The van der Waals surface area contributed by atoms with Crippen molar-refractivity contribution in [2.45, 2.75) is 24.6 Å². The lowest BCUT2D eigenvalue weighted by atomic mass is 10.0. The summed E-state index contributed by atoms with van der Waals surface area (Å²) in [7, 11) is 1.87. The zero-order valence-corrected chi connectivity index (χ0v) is 14.3. The van der Waals surface area contributed by atoms with Crippen molar-refractivity contribution in [3.63, 3.8) is 0 Å². The van der Waals surface area contributed by atoms with E-state index in [1.165, 1.54) is 11.1 Å². The Morgan fingerprint density at radius 2 is 2.30 bits per heavy atom. The van der Waals surface area contributed by atoms with E-state index in [1.807, 2.05) is 31.9 Å². The van der Waals surface area contributed by atoms with E-state index in [4.69, 9.17) is 0 Å². The Kier molecular flexibility index (Phi) is 4.91. The summed E-state index contributed by atoms with van der Waals surface area (Å²) in [6, 6.07) is 8.32. The van der Waals surface area contributed by atoms with Crippen LogP contribution in [0.15, 0.2) is 36.7 Å². The van der Waals surface area contributed by atoms with Crippen LogP contribution in [0.1, 0.15) is 34.9 Å². The van der Waals surface area contributed by atoms with E-state index in [-0.39, 0.29) is 12.1 Å². The van der Waals surface area contributed by atoms with E-state index in [0.717, 1.165) is 17.7 Å². The van der Waals surface area contributed by atoms with Crippen molar-refractivity contribution in [1.82, 2.24) is 20.4 Å². The number of fused-ring (bicyclic) bond motifs is 1. The molecule has 0 spiro atoms. The molecule has 2 aromatic rings. The summed E-state index contributed by atoms with van der Waals surface area (Å²) in [4.78, 5) is 12.1. The fourth-order valence-corrected chi connectivity index (χ4v) is 4.06. The Balaban J connectivity index is 1.54. The number of carbonyl (C=O) groups excluding carboxylic acids is 1. The first-order chi connectivity index (χ1) is 11.1. The lowest BCUT2D eigenvalue weighted by molar-refractivity contribution is 0.238. The van der Waals surface area contributed by atoms with Crippen molar-refractivity contribution in [2.75, 3.05) is 12.3 Å². The van der Waals surface area contributed by atoms with E-state index in [0.29, 0.717) is 11.8 Å². The highest BCUT2D eigenvalue weighted by molar-refractivity contribution is 7.99. The highest BCUT2D eigenvalue weighted by atomic mass is 32.2. The van der Waals surface area contributed by atoms with E-state index in [1.54, 1.807) is 10.9 Å². The molecule has 3 rings (SSSR count). The molecule has 0 fully saturated rings. The number of hydrogen-bond acceptors (Lipinski definition) is 3. The minimum Gasteiger partial charge on any atom is -0.337 e. The molecule has 2 heterocycles. The zero-order valence-electron chi connectivity index (χ0n) is 13.5. The van der Waals surface area contributed by atoms with Crippen molar-refractivity contribution in [3.05, 3.63) is 53.3 Å². The number of nitrogens with zero attached hydrogens (tertiary/aromatic N) is 2. The van der Waals surface area contributed by atoms with Crippen LogP contribution >= 0.6 is 11.8 Å². The molecule has 1 aliphatic heterocycles. The maximum atomic E-state index is 12.1. The summed E-state index contributed by atoms with van der Waals surface area (Å²) in [5.41, 5.74) is 3.76. The molecule has 1 aliphatic rings. The normalized spacial score (nSPS) is 18.1. The average Bonchev–Trinajstić information content (AvgIpc) is 2.99. The highest BCUT2D eigenvalue weighted by Gasteiger charge is 2.21. The Hall–Kier alpha value is -1.95. The second kappa shape index (κ2) is 7.08. The number of aromatic nitrogens is 2. The van der Waals surface area contributed by atoms with E-state index in [2.05, 4.69) is 40.0 Å².